The van der Waals surface area contributed by atoms with Gasteiger partial charge in [0.1, 0.15) is 11.5 Å². The molecular formula is C24H18O4. The van der Waals surface area contributed by atoms with Gasteiger partial charge in [0.15, 0.2) is 5.78 Å². The van der Waals surface area contributed by atoms with Crippen molar-refractivity contribution >= 4 is 17.5 Å². The molecular weight excluding hydrogens is 352 g/mol. The molecule has 0 radical (unpaired) electrons. The average molecular weight is 370 g/mol. The summed E-state index contributed by atoms with van der Waals surface area (Å²) in [5.41, 5.74) is 3.06. The zero-order valence-electron chi connectivity index (χ0n) is 15.3. The molecule has 0 aliphatic carbocycles. The fourth-order valence-corrected chi connectivity index (χ4v) is 3.27. The Bertz CT molecular complexity index is 1060. The third kappa shape index (κ3) is 3.32. The van der Waals surface area contributed by atoms with E-state index >= 15 is 0 Å². The van der Waals surface area contributed by atoms with Crippen LogP contribution in [0.4, 0.5) is 0 Å². The number of rotatable bonds is 5. The van der Waals surface area contributed by atoms with E-state index in [9.17, 15) is 9.59 Å². The lowest BCUT2D eigenvalue weighted by atomic mass is 9.93. The maximum absolute atomic E-state index is 13.4. The van der Waals surface area contributed by atoms with Crippen LogP contribution in [0.3, 0.4) is 0 Å². The van der Waals surface area contributed by atoms with E-state index in [1.807, 2.05) is 42.5 Å². The molecule has 28 heavy (non-hydrogen) atoms. The first-order valence-electron chi connectivity index (χ1n) is 8.95. The van der Waals surface area contributed by atoms with Gasteiger partial charge in [0.25, 0.3) is 0 Å². The Labute approximate surface area is 163 Å². The summed E-state index contributed by atoms with van der Waals surface area (Å²) in [4.78, 5) is 25.7. The number of cyclic esters (lactones) is 1. The van der Waals surface area contributed by atoms with Crippen molar-refractivity contribution in [3.8, 4) is 5.75 Å². The zero-order chi connectivity index (χ0) is 19.5. The van der Waals surface area contributed by atoms with Crippen LogP contribution in [0.15, 0.2) is 84.4 Å². The van der Waals surface area contributed by atoms with Gasteiger partial charge in [-0.2, -0.15) is 0 Å². The van der Waals surface area contributed by atoms with Gasteiger partial charge in [-0.3, -0.25) is 4.79 Å². The Balaban J connectivity index is 1.83. The number of Topliss-reactive ketones (excluding diaryl/α,β-unsaturated/α-hetero) is 1. The minimum Gasteiger partial charge on any atom is -0.497 e. The topological polar surface area (TPSA) is 52.6 Å². The van der Waals surface area contributed by atoms with Gasteiger partial charge in [-0.15, -0.1) is 0 Å². The number of carbonyl (C=O) groups is 2. The SMILES string of the molecule is COc1ccc(C(=O)/C(Cc2ccccc2)=C2/OC(=O)c3ccccc32)cc1. The highest BCUT2D eigenvalue weighted by Gasteiger charge is 2.31. The number of allylic oxidation sites excluding steroid dienone is 1. The number of esters is 1. The molecule has 4 nitrogen and oxygen atoms in total. The van der Waals surface area contributed by atoms with Gasteiger partial charge < -0.3 is 9.47 Å². The van der Waals surface area contributed by atoms with Crippen LogP contribution in [0, 0.1) is 0 Å². The molecule has 0 fully saturated rings. The van der Waals surface area contributed by atoms with E-state index in [1.165, 1.54) is 0 Å². The number of fused-ring (bicyclic) bond motifs is 1. The smallest absolute Gasteiger partial charge is 0.344 e. The molecule has 1 heterocycles. The van der Waals surface area contributed by atoms with E-state index in [0.29, 0.717) is 40.2 Å². The van der Waals surface area contributed by atoms with Crippen molar-refractivity contribution < 1.29 is 19.1 Å². The molecule has 1 aliphatic rings. The zero-order valence-corrected chi connectivity index (χ0v) is 15.3. The van der Waals surface area contributed by atoms with Gasteiger partial charge in [0, 0.05) is 23.1 Å². The number of hydrogen-bond donors (Lipinski definition) is 0. The van der Waals surface area contributed by atoms with Crippen molar-refractivity contribution in [2.24, 2.45) is 0 Å². The van der Waals surface area contributed by atoms with Crippen LogP contribution in [0.25, 0.3) is 5.76 Å². The average Bonchev–Trinajstić information content (AvgIpc) is 3.09. The predicted molar refractivity (Wildman–Crippen MR) is 106 cm³/mol. The second-order valence-corrected chi connectivity index (χ2v) is 6.46. The van der Waals surface area contributed by atoms with Crippen LogP contribution in [-0.4, -0.2) is 18.9 Å². The van der Waals surface area contributed by atoms with Crippen molar-refractivity contribution in [2.75, 3.05) is 7.11 Å². The molecule has 0 saturated heterocycles. The molecule has 0 N–H and O–H groups in total. The van der Waals surface area contributed by atoms with Crippen molar-refractivity contribution in [3.63, 3.8) is 0 Å². The number of carbonyl (C=O) groups excluding carboxylic acids is 2. The van der Waals surface area contributed by atoms with Gasteiger partial charge in [-0.25, -0.2) is 4.79 Å². The summed E-state index contributed by atoms with van der Waals surface area (Å²) in [6.07, 6.45) is 0.364. The van der Waals surface area contributed by atoms with E-state index < -0.39 is 5.97 Å². The maximum Gasteiger partial charge on any atom is 0.344 e. The van der Waals surface area contributed by atoms with Crippen LogP contribution in [0.5, 0.6) is 5.75 Å². The lowest BCUT2D eigenvalue weighted by molar-refractivity contribution is 0.0714. The molecule has 3 aromatic rings. The first-order chi connectivity index (χ1) is 13.7. The van der Waals surface area contributed by atoms with Crippen molar-refractivity contribution in [3.05, 3.63) is 107 Å². The molecule has 0 unspecified atom stereocenters. The lowest BCUT2D eigenvalue weighted by Crippen LogP contribution is -2.10. The van der Waals surface area contributed by atoms with Crippen molar-refractivity contribution in [1.29, 1.82) is 0 Å². The van der Waals surface area contributed by atoms with E-state index in [-0.39, 0.29) is 5.78 Å². The number of benzene rings is 3. The van der Waals surface area contributed by atoms with E-state index in [1.54, 1.807) is 43.5 Å². The Hall–Kier alpha value is -3.66. The molecule has 4 rings (SSSR count). The van der Waals surface area contributed by atoms with Crippen LogP contribution in [-0.2, 0) is 11.2 Å². The highest BCUT2D eigenvalue weighted by atomic mass is 16.5. The van der Waals surface area contributed by atoms with E-state index in [4.69, 9.17) is 9.47 Å². The molecule has 138 valence electrons. The quantitative estimate of drug-likeness (QED) is 0.371. The van der Waals surface area contributed by atoms with Crippen molar-refractivity contribution in [1.82, 2.24) is 0 Å². The molecule has 0 aromatic heterocycles. The van der Waals surface area contributed by atoms with E-state index in [0.717, 1.165) is 5.56 Å². The number of ketones is 1. The highest BCUT2D eigenvalue weighted by molar-refractivity contribution is 6.16. The third-order valence-electron chi connectivity index (χ3n) is 4.71. The summed E-state index contributed by atoms with van der Waals surface area (Å²) >= 11 is 0. The van der Waals surface area contributed by atoms with E-state index in [2.05, 4.69) is 0 Å². The third-order valence-corrected chi connectivity index (χ3v) is 4.71. The van der Waals surface area contributed by atoms with Crippen LogP contribution in [0.1, 0.15) is 31.8 Å². The second kappa shape index (κ2) is 7.53. The maximum atomic E-state index is 13.4. The molecule has 0 bridgehead atoms. The number of hydrogen-bond acceptors (Lipinski definition) is 4. The molecule has 3 aromatic carbocycles. The summed E-state index contributed by atoms with van der Waals surface area (Å²) < 4.78 is 10.7. The Morgan fingerprint density at radius 3 is 2.18 bits per heavy atom. The summed E-state index contributed by atoms with van der Waals surface area (Å²) in [5, 5.41) is 0. The summed E-state index contributed by atoms with van der Waals surface area (Å²) in [7, 11) is 1.58. The minimum absolute atomic E-state index is 0.175. The Morgan fingerprint density at radius 2 is 1.50 bits per heavy atom. The molecule has 0 amide bonds. The van der Waals surface area contributed by atoms with Gasteiger partial charge in [0.2, 0.25) is 0 Å². The Kier molecular flexibility index (Phi) is 4.77. The monoisotopic (exact) mass is 370 g/mol. The first kappa shape index (κ1) is 17.7. The number of methoxy groups -OCH3 is 1. The van der Waals surface area contributed by atoms with Crippen LogP contribution in [0.2, 0.25) is 0 Å². The normalized spacial score (nSPS) is 14.2. The van der Waals surface area contributed by atoms with Gasteiger partial charge in [0.05, 0.1) is 12.7 Å². The molecule has 4 heteroatoms. The molecule has 0 spiro atoms. The number of ether oxygens (including phenoxy) is 2. The van der Waals surface area contributed by atoms with Gasteiger partial charge in [-0.05, 0) is 35.9 Å². The largest absolute Gasteiger partial charge is 0.497 e. The second-order valence-electron chi connectivity index (χ2n) is 6.46. The van der Waals surface area contributed by atoms with Crippen LogP contribution >= 0.6 is 0 Å². The summed E-state index contributed by atoms with van der Waals surface area (Å²) in [5.74, 6) is 0.404. The molecule has 0 atom stereocenters. The Morgan fingerprint density at radius 1 is 0.857 bits per heavy atom. The minimum atomic E-state index is -0.432. The fraction of sp³-hybridized carbons (Fsp3) is 0.0833. The van der Waals surface area contributed by atoms with Gasteiger partial charge >= 0.3 is 5.97 Å². The fourth-order valence-electron chi connectivity index (χ4n) is 3.27. The highest BCUT2D eigenvalue weighted by Crippen LogP contribution is 2.34. The molecule has 0 saturated carbocycles. The van der Waals surface area contributed by atoms with Crippen molar-refractivity contribution in [2.45, 2.75) is 6.42 Å². The molecule has 1 aliphatic heterocycles. The lowest BCUT2D eigenvalue weighted by Gasteiger charge is -2.11. The van der Waals surface area contributed by atoms with Gasteiger partial charge in [-0.1, -0.05) is 48.5 Å². The predicted octanol–water partition coefficient (Wildman–Crippen LogP) is 4.70. The summed E-state index contributed by atoms with van der Waals surface area (Å²) in [6, 6.07) is 23.7. The van der Waals surface area contributed by atoms with Crippen LogP contribution < -0.4 is 4.74 Å². The standard InChI is InChI=1S/C24H18O4/c1-27-18-13-11-17(12-14-18)22(25)21(15-16-7-3-2-4-8-16)23-19-9-5-6-10-20(19)24(26)28-23/h2-14H,15H2,1H3/b23-21+. The first-order valence-corrected chi connectivity index (χ1v) is 8.95. The summed E-state index contributed by atoms with van der Waals surface area (Å²) in [6.45, 7) is 0.